The molecule has 0 bridgehead atoms. The summed E-state index contributed by atoms with van der Waals surface area (Å²) in [4.78, 5) is 2.20. The molecule has 0 atom stereocenters. The zero-order valence-corrected chi connectivity index (χ0v) is 17.1. The number of aromatic nitrogens is 3. The largest absolute Gasteiger partial charge is 0.493 e. The van der Waals surface area contributed by atoms with Crippen molar-refractivity contribution in [1.82, 2.24) is 14.8 Å². The second-order valence-corrected chi connectivity index (χ2v) is 7.77. The van der Waals surface area contributed by atoms with Gasteiger partial charge in [0.05, 0.1) is 25.5 Å². The van der Waals surface area contributed by atoms with Crippen molar-refractivity contribution < 1.29 is 13.9 Å². The molecule has 8 heteroatoms. The van der Waals surface area contributed by atoms with Crippen LogP contribution >= 0.6 is 11.8 Å². The number of morpholine rings is 1. The van der Waals surface area contributed by atoms with Crippen molar-refractivity contribution in [3.63, 3.8) is 0 Å². The number of hydrogen-bond donors (Lipinski definition) is 0. The van der Waals surface area contributed by atoms with Gasteiger partial charge in [0, 0.05) is 18.8 Å². The van der Waals surface area contributed by atoms with Gasteiger partial charge in [-0.25, -0.2) is 4.39 Å². The van der Waals surface area contributed by atoms with Gasteiger partial charge in [-0.15, -0.1) is 10.2 Å². The first-order chi connectivity index (χ1) is 14.2. The fourth-order valence-corrected chi connectivity index (χ4v) is 3.83. The molecular weight excluding hydrogens is 391 g/mol. The second kappa shape index (κ2) is 9.28. The Bertz CT molecular complexity index is 925. The summed E-state index contributed by atoms with van der Waals surface area (Å²) >= 11 is 1.59. The zero-order chi connectivity index (χ0) is 20.1. The van der Waals surface area contributed by atoms with E-state index in [1.54, 1.807) is 23.9 Å². The standard InChI is InChI=1S/C21H23FN4O2S/c1-16-2-6-18(7-3-16)26-20(25-10-12-27-13-11-25)23-24-21(26)29-15-14-28-19-8-4-17(22)5-9-19/h2-9H,10-15H2,1H3. The van der Waals surface area contributed by atoms with E-state index in [0.29, 0.717) is 31.3 Å². The Hall–Kier alpha value is -2.58. The summed E-state index contributed by atoms with van der Waals surface area (Å²) in [5.74, 6) is 1.92. The van der Waals surface area contributed by atoms with Crippen LogP contribution in [0.2, 0.25) is 0 Å². The minimum atomic E-state index is -0.270. The van der Waals surface area contributed by atoms with Crippen LogP contribution in [-0.2, 0) is 4.74 Å². The van der Waals surface area contributed by atoms with E-state index in [-0.39, 0.29) is 5.82 Å². The zero-order valence-electron chi connectivity index (χ0n) is 16.3. The van der Waals surface area contributed by atoms with Crippen molar-refractivity contribution in [2.24, 2.45) is 0 Å². The molecule has 2 heterocycles. The summed E-state index contributed by atoms with van der Waals surface area (Å²) in [5.41, 5.74) is 2.24. The van der Waals surface area contributed by atoms with Crippen LogP contribution in [0.3, 0.4) is 0 Å². The molecule has 0 radical (unpaired) electrons. The topological polar surface area (TPSA) is 52.4 Å². The molecule has 1 fully saturated rings. The molecule has 2 aromatic carbocycles. The highest BCUT2D eigenvalue weighted by Gasteiger charge is 2.21. The molecule has 6 nitrogen and oxygen atoms in total. The van der Waals surface area contributed by atoms with E-state index >= 15 is 0 Å². The van der Waals surface area contributed by atoms with Crippen molar-refractivity contribution in [2.45, 2.75) is 12.1 Å². The maximum atomic E-state index is 13.0. The summed E-state index contributed by atoms with van der Waals surface area (Å²) in [6.45, 7) is 5.53. The molecule has 0 saturated carbocycles. The lowest BCUT2D eigenvalue weighted by atomic mass is 10.2. The van der Waals surface area contributed by atoms with E-state index in [0.717, 1.165) is 29.9 Å². The lowest BCUT2D eigenvalue weighted by molar-refractivity contribution is 0.122. The number of ether oxygens (including phenoxy) is 2. The highest BCUT2D eigenvalue weighted by Crippen LogP contribution is 2.27. The van der Waals surface area contributed by atoms with Crippen LogP contribution < -0.4 is 9.64 Å². The molecule has 0 aliphatic carbocycles. The fraction of sp³-hybridized carbons (Fsp3) is 0.333. The maximum Gasteiger partial charge on any atom is 0.232 e. The van der Waals surface area contributed by atoms with Gasteiger partial charge < -0.3 is 14.4 Å². The highest BCUT2D eigenvalue weighted by atomic mass is 32.2. The SMILES string of the molecule is Cc1ccc(-n2c(SCCOc3ccc(F)cc3)nnc2N2CCOCC2)cc1. The van der Waals surface area contributed by atoms with Crippen LogP contribution in [0.4, 0.5) is 10.3 Å². The maximum absolute atomic E-state index is 13.0. The number of rotatable bonds is 7. The number of nitrogens with zero attached hydrogens (tertiary/aromatic N) is 4. The molecule has 0 spiro atoms. The van der Waals surface area contributed by atoms with Gasteiger partial charge in [-0.1, -0.05) is 29.5 Å². The van der Waals surface area contributed by atoms with E-state index in [1.807, 2.05) is 0 Å². The molecule has 1 aromatic heterocycles. The lowest BCUT2D eigenvalue weighted by Crippen LogP contribution is -2.37. The van der Waals surface area contributed by atoms with Crippen LogP contribution in [0.25, 0.3) is 5.69 Å². The molecule has 29 heavy (non-hydrogen) atoms. The van der Waals surface area contributed by atoms with Crippen molar-refractivity contribution in [3.8, 4) is 11.4 Å². The van der Waals surface area contributed by atoms with E-state index in [9.17, 15) is 4.39 Å². The second-order valence-electron chi connectivity index (χ2n) is 6.70. The molecular formula is C21H23FN4O2S. The Balaban J connectivity index is 1.48. The molecule has 4 rings (SSSR count). The molecule has 152 valence electrons. The highest BCUT2D eigenvalue weighted by molar-refractivity contribution is 7.99. The molecule has 1 aliphatic rings. The third-order valence-corrected chi connectivity index (χ3v) is 5.49. The average Bonchev–Trinajstić information content (AvgIpc) is 3.17. The van der Waals surface area contributed by atoms with Crippen LogP contribution in [0, 0.1) is 12.7 Å². The van der Waals surface area contributed by atoms with Crippen molar-refractivity contribution >= 4 is 17.7 Å². The number of anilines is 1. The van der Waals surface area contributed by atoms with Crippen molar-refractivity contribution in [2.75, 3.05) is 43.6 Å². The third kappa shape index (κ3) is 4.89. The van der Waals surface area contributed by atoms with Gasteiger partial charge in [0.25, 0.3) is 0 Å². The van der Waals surface area contributed by atoms with Gasteiger partial charge in [-0.05, 0) is 43.3 Å². The molecule has 0 unspecified atom stereocenters. The summed E-state index contributed by atoms with van der Waals surface area (Å²) in [5, 5.41) is 9.72. The Kier molecular flexibility index (Phi) is 6.31. The number of benzene rings is 2. The first-order valence-corrected chi connectivity index (χ1v) is 10.6. The first kappa shape index (κ1) is 19.7. The Labute approximate surface area is 173 Å². The van der Waals surface area contributed by atoms with Gasteiger partial charge >= 0.3 is 0 Å². The minimum Gasteiger partial charge on any atom is -0.493 e. The van der Waals surface area contributed by atoms with Crippen LogP contribution in [0.5, 0.6) is 5.75 Å². The van der Waals surface area contributed by atoms with Gasteiger partial charge in [0.1, 0.15) is 11.6 Å². The Morgan fingerprint density at radius 2 is 1.76 bits per heavy atom. The van der Waals surface area contributed by atoms with Gasteiger partial charge in [0.15, 0.2) is 5.16 Å². The predicted octanol–water partition coefficient (Wildman–Crippen LogP) is 3.72. The van der Waals surface area contributed by atoms with Crippen LogP contribution in [-0.4, -0.2) is 53.4 Å². The average molecular weight is 415 g/mol. The molecule has 3 aromatic rings. The smallest absolute Gasteiger partial charge is 0.232 e. The number of aryl methyl sites for hydroxylation is 1. The quantitative estimate of drug-likeness (QED) is 0.434. The van der Waals surface area contributed by atoms with Crippen molar-refractivity contribution in [3.05, 3.63) is 59.9 Å². The summed E-state index contributed by atoms with van der Waals surface area (Å²) in [6.07, 6.45) is 0. The molecule has 0 N–H and O–H groups in total. The first-order valence-electron chi connectivity index (χ1n) is 9.57. The third-order valence-electron chi connectivity index (χ3n) is 4.60. The molecule has 0 amide bonds. The van der Waals surface area contributed by atoms with Gasteiger partial charge in [-0.2, -0.15) is 0 Å². The Morgan fingerprint density at radius 3 is 2.48 bits per heavy atom. The fourth-order valence-electron chi connectivity index (χ4n) is 3.07. The van der Waals surface area contributed by atoms with E-state index in [2.05, 4.69) is 50.9 Å². The summed E-state index contributed by atoms with van der Waals surface area (Å²) < 4.78 is 26.3. The number of halogens is 1. The van der Waals surface area contributed by atoms with E-state index < -0.39 is 0 Å². The van der Waals surface area contributed by atoms with E-state index in [4.69, 9.17) is 9.47 Å². The van der Waals surface area contributed by atoms with Crippen LogP contribution in [0.1, 0.15) is 5.56 Å². The predicted molar refractivity (Wildman–Crippen MR) is 112 cm³/mol. The monoisotopic (exact) mass is 414 g/mol. The number of hydrogen-bond acceptors (Lipinski definition) is 6. The summed E-state index contributed by atoms with van der Waals surface area (Å²) in [7, 11) is 0. The number of thioether (sulfide) groups is 1. The van der Waals surface area contributed by atoms with E-state index in [1.165, 1.54) is 17.7 Å². The van der Waals surface area contributed by atoms with Gasteiger partial charge in [0.2, 0.25) is 5.95 Å². The molecule has 1 aliphatic heterocycles. The molecule has 1 saturated heterocycles. The lowest BCUT2D eigenvalue weighted by Gasteiger charge is -2.28. The van der Waals surface area contributed by atoms with Crippen LogP contribution in [0.15, 0.2) is 53.7 Å². The summed E-state index contributed by atoms with van der Waals surface area (Å²) in [6, 6.07) is 14.4. The minimum absolute atomic E-state index is 0.270. The Morgan fingerprint density at radius 1 is 1.03 bits per heavy atom. The van der Waals surface area contributed by atoms with Crippen molar-refractivity contribution in [1.29, 1.82) is 0 Å². The van der Waals surface area contributed by atoms with Gasteiger partial charge in [-0.3, -0.25) is 4.57 Å². The normalized spacial score (nSPS) is 14.2.